The lowest BCUT2D eigenvalue weighted by Gasteiger charge is -2.24. The van der Waals surface area contributed by atoms with Gasteiger partial charge < -0.3 is 9.64 Å². The molecule has 22 heavy (non-hydrogen) atoms. The molecule has 0 spiro atoms. The molecule has 2 rings (SSSR count). The van der Waals surface area contributed by atoms with E-state index in [1.807, 2.05) is 24.3 Å². The highest BCUT2D eigenvalue weighted by atomic mass is 32.1. The van der Waals surface area contributed by atoms with Crippen molar-refractivity contribution in [3.63, 3.8) is 0 Å². The molecule has 0 bridgehead atoms. The maximum Gasteiger partial charge on any atom is 0.322 e. The quantitative estimate of drug-likeness (QED) is 0.624. The molecule has 0 aliphatic heterocycles. The van der Waals surface area contributed by atoms with Gasteiger partial charge in [0.25, 0.3) is 0 Å². The molecule has 0 saturated heterocycles. The van der Waals surface area contributed by atoms with E-state index in [1.54, 1.807) is 43.4 Å². The number of likely N-dealkylation sites (N-methyl/N-ethyl adjacent to an activating group) is 1. The minimum Gasteiger partial charge on any atom is -0.465 e. The van der Waals surface area contributed by atoms with E-state index >= 15 is 0 Å². The molecule has 0 aliphatic rings. The Hall–Kier alpha value is -2.34. The summed E-state index contributed by atoms with van der Waals surface area (Å²) in [6.07, 6.45) is 3.31. The lowest BCUT2D eigenvalue weighted by molar-refractivity contribution is -0.143. The predicted molar refractivity (Wildman–Crippen MR) is 88.8 cm³/mol. The number of ether oxygens (including phenoxy) is 1. The molecule has 0 saturated carbocycles. The van der Waals surface area contributed by atoms with Crippen LogP contribution in [0.4, 0.5) is 5.82 Å². The van der Waals surface area contributed by atoms with E-state index in [0.717, 1.165) is 0 Å². The Bertz CT molecular complexity index is 634. The molecular formula is C16H17N3O2S. The van der Waals surface area contributed by atoms with Gasteiger partial charge in [-0.3, -0.25) is 9.78 Å². The summed E-state index contributed by atoms with van der Waals surface area (Å²) in [6.45, 7) is 2.05. The number of hydrogen-bond donors (Lipinski definition) is 0. The van der Waals surface area contributed by atoms with Crippen molar-refractivity contribution in [3.05, 3.63) is 54.5 Å². The minimum atomic E-state index is -0.733. The highest BCUT2D eigenvalue weighted by Crippen LogP contribution is 2.22. The molecule has 5 nitrogen and oxygen atoms in total. The summed E-state index contributed by atoms with van der Waals surface area (Å²) in [5.41, 5.74) is 0.564. The molecule has 1 unspecified atom stereocenters. The Balaban J connectivity index is 2.32. The largest absolute Gasteiger partial charge is 0.465 e. The summed E-state index contributed by atoms with van der Waals surface area (Å²) < 4.78 is 5.15. The smallest absolute Gasteiger partial charge is 0.322 e. The van der Waals surface area contributed by atoms with Gasteiger partial charge in [-0.05, 0) is 31.2 Å². The fraction of sp³-hybridized carbons (Fsp3) is 0.250. The maximum absolute atomic E-state index is 12.3. The van der Waals surface area contributed by atoms with Crippen LogP contribution in [0.25, 0.3) is 0 Å². The lowest BCUT2D eigenvalue weighted by atomic mass is 10.0. The standard InChI is InChI=1S/C16H17N3O2S/c1-3-21-16(20)14(12-8-4-6-10-17-12)15(22)19(2)13-9-5-7-11-18-13/h4-11,14H,3H2,1-2H3. The molecule has 0 amide bonds. The molecular weight excluding hydrogens is 298 g/mol. The Morgan fingerprint density at radius 1 is 1.23 bits per heavy atom. The Morgan fingerprint density at radius 3 is 2.45 bits per heavy atom. The highest BCUT2D eigenvalue weighted by molar-refractivity contribution is 7.80. The summed E-state index contributed by atoms with van der Waals surface area (Å²) in [6, 6.07) is 10.9. The number of thiocarbonyl (C=S) groups is 1. The number of rotatable bonds is 5. The number of pyridine rings is 2. The van der Waals surface area contributed by atoms with Crippen molar-refractivity contribution >= 4 is 29.0 Å². The van der Waals surface area contributed by atoms with E-state index in [-0.39, 0.29) is 6.61 Å². The van der Waals surface area contributed by atoms with Crippen LogP contribution in [0.15, 0.2) is 48.8 Å². The Kier molecular flexibility index (Phi) is 5.55. The third-order valence-electron chi connectivity index (χ3n) is 3.08. The first kappa shape index (κ1) is 16.0. The molecule has 0 N–H and O–H groups in total. The zero-order valence-electron chi connectivity index (χ0n) is 12.5. The second-order valence-electron chi connectivity index (χ2n) is 4.52. The summed E-state index contributed by atoms with van der Waals surface area (Å²) in [7, 11) is 1.78. The number of carbonyl (C=O) groups excluding carboxylic acids is 1. The van der Waals surface area contributed by atoms with Crippen LogP contribution in [0.5, 0.6) is 0 Å². The van der Waals surface area contributed by atoms with Gasteiger partial charge in [0.05, 0.1) is 12.3 Å². The Labute approximate surface area is 135 Å². The van der Waals surface area contributed by atoms with Crippen LogP contribution < -0.4 is 4.90 Å². The highest BCUT2D eigenvalue weighted by Gasteiger charge is 2.30. The van der Waals surface area contributed by atoms with Gasteiger partial charge in [0.15, 0.2) is 0 Å². The van der Waals surface area contributed by atoms with Gasteiger partial charge in [0, 0.05) is 19.4 Å². The third-order valence-corrected chi connectivity index (χ3v) is 3.59. The fourth-order valence-corrected chi connectivity index (χ4v) is 2.29. The molecule has 114 valence electrons. The summed E-state index contributed by atoms with van der Waals surface area (Å²) in [5, 5.41) is 0. The average Bonchev–Trinajstić information content (AvgIpc) is 2.56. The molecule has 2 aromatic heterocycles. The topological polar surface area (TPSA) is 55.3 Å². The van der Waals surface area contributed by atoms with Crippen LogP contribution in [0, 0.1) is 0 Å². The number of esters is 1. The second-order valence-corrected chi connectivity index (χ2v) is 4.94. The number of hydrogen-bond acceptors (Lipinski definition) is 5. The Morgan fingerprint density at radius 2 is 1.91 bits per heavy atom. The van der Waals surface area contributed by atoms with Crippen LogP contribution in [0.3, 0.4) is 0 Å². The molecule has 0 aliphatic carbocycles. The summed E-state index contributed by atoms with van der Waals surface area (Å²) >= 11 is 5.50. The molecule has 2 heterocycles. The number of aromatic nitrogens is 2. The first-order chi connectivity index (χ1) is 10.6. The van der Waals surface area contributed by atoms with Crippen molar-refractivity contribution in [2.24, 2.45) is 0 Å². The zero-order chi connectivity index (χ0) is 15.9. The molecule has 1 atom stereocenters. The van der Waals surface area contributed by atoms with E-state index in [2.05, 4.69) is 9.97 Å². The lowest BCUT2D eigenvalue weighted by Crippen LogP contribution is -2.35. The van der Waals surface area contributed by atoms with Crippen molar-refractivity contribution in [2.45, 2.75) is 12.8 Å². The monoisotopic (exact) mass is 315 g/mol. The van der Waals surface area contributed by atoms with Crippen LogP contribution in [-0.2, 0) is 9.53 Å². The number of nitrogens with zero attached hydrogens (tertiary/aromatic N) is 3. The van der Waals surface area contributed by atoms with Crippen LogP contribution in [0.1, 0.15) is 18.5 Å². The second kappa shape index (κ2) is 7.61. The van der Waals surface area contributed by atoms with E-state index in [9.17, 15) is 4.79 Å². The molecule has 2 aromatic rings. The zero-order valence-corrected chi connectivity index (χ0v) is 13.3. The van der Waals surface area contributed by atoms with Crippen molar-refractivity contribution in [3.8, 4) is 0 Å². The minimum absolute atomic E-state index is 0.290. The van der Waals surface area contributed by atoms with Crippen molar-refractivity contribution in [1.82, 2.24) is 9.97 Å². The van der Waals surface area contributed by atoms with Gasteiger partial charge in [-0.2, -0.15) is 0 Å². The van der Waals surface area contributed by atoms with E-state index in [0.29, 0.717) is 16.5 Å². The van der Waals surface area contributed by atoms with Gasteiger partial charge in [-0.25, -0.2) is 4.98 Å². The van der Waals surface area contributed by atoms with Gasteiger partial charge in [0.2, 0.25) is 0 Å². The first-order valence-electron chi connectivity index (χ1n) is 6.91. The van der Waals surface area contributed by atoms with E-state index in [4.69, 9.17) is 17.0 Å². The molecule has 0 aromatic carbocycles. The molecule has 6 heteroatoms. The van der Waals surface area contributed by atoms with Crippen molar-refractivity contribution in [2.75, 3.05) is 18.6 Å². The average molecular weight is 315 g/mol. The van der Waals surface area contributed by atoms with Crippen LogP contribution >= 0.6 is 12.2 Å². The fourth-order valence-electron chi connectivity index (χ4n) is 1.98. The van der Waals surface area contributed by atoms with Crippen molar-refractivity contribution in [1.29, 1.82) is 0 Å². The van der Waals surface area contributed by atoms with Crippen LogP contribution in [0.2, 0.25) is 0 Å². The van der Waals surface area contributed by atoms with Gasteiger partial charge in [-0.1, -0.05) is 24.4 Å². The van der Waals surface area contributed by atoms with Gasteiger partial charge in [-0.15, -0.1) is 0 Å². The van der Waals surface area contributed by atoms with E-state index < -0.39 is 11.9 Å². The number of anilines is 1. The summed E-state index contributed by atoms with van der Waals surface area (Å²) in [4.78, 5) is 22.9. The SMILES string of the molecule is CCOC(=O)C(C(=S)N(C)c1ccccn1)c1ccccn1. The van der Waals surface area contributed by atoms with Gasteiger partial charge >= 0.3 is 5.97 Å². The van der Waals surface area contributed by atoms with E-state index in [1.165, 1.54) is 0 Å². The predicted octanol–water partition coefficient (Wildman–Crippen LogP) is 2.59. The van der Waals surface area contributed by atoms with Gasteiger partial charge in [0.1, 0.15) is 16.7 Å². The third kappa shape index (κ3) is 3.65. The first-order valence-corrected chi connectivity index (χ1v) is 7.32. The van der Waals surface area contributed by atoms with Crippen molar-refractivity contribution < 1.29 is 9.53 Å². The number of carbonyl (C=O) groups is 1. The normalized spacial score (nSPS) is 11.5. The summed E-state index contributed by atoms with van der Waals surface area (Å²) in [5.74, 6) is -0.477. The van der Waals surface area contributed by atoms with Crippen LogP contribution in [-0.4, -0.2) is 34.6 Å². The maximum atomic E-state index is 12.3. The molecule has 0 radical (unpaired) electrons. The molecule has 0 fully saturated rings.